The Morgan fingerprint density at radius 2 is 1.81 bits per heavy atom. The molecule has 36 heavy (non-hydrogen) atoms. The molecule has 11 nitrogen and oxygen atoms in total. The minimum absolute atomic E-state index is 0.0355. The van der Waals surface area contributed by atoms with Crippen LogP contribution in [0, 0.1) is 17.0 Å². The first-order chi connectivity index (χ1) is 17.3. The second kappa shape index (κ2) is 10.6. The van der Waals surface area contributed by atoms with Crippen molar-refractivity contribution in [2.75, 3.05) is 10.6 Å². The summed E-state index contributed by atoms with van der Waals surface area (Å²) in [6, 6.07) is 16.0. The Hall–Kier alpha value is -4.93. The van der Waals surface area contributed by atoms with Crippen LogP contribution < -0.4 is 15.4 Å². The maximum atomic E-state index is 12.7. The number of hydrogen-bond acceptors (Lipinski definition) is 7. The molecule has 0 saturated heterocycles. The Labute approximate surface area is 205 Å². The number of hydrogen-bond donors (Lipinski definition) is 2. The van der Waals surface area contributed by atoms with Crippen LogP contribution in [-0.4, -0.2) is 26.5 Å². The van der Waals surface area contributed by atoms with E-state index in [0.717, 1.165) is 5.56 Å². The highest BCUT2D eigenvalue weighted by molar-refractivity contribution is 6.05. The van der Waals surface area contributed by atoms with Crippen molar-refractivity contribution >= 4 is 28.9 Å². The molecule has 0 aliphatic carbocycles. The number of carbonyl (C=O) groups is 2. The Morgan fingerprint density at radius 1 is 1.06 bits per heavy atom. The van der Waals surface area contributed by atoms with E-state index in [4.69, 9.17) is 9.15 Å². The van der Waals surface area contributed by atoms with E-state index in [9.17, 15) is 19.7 Å². The smallest absolute Gasteiger partial charge is 0.311 e. The number of aromatic nitrogens is 2. The Bertz CT molecular complexity index is 1420. The summed E-state index contributed by atoms with van der Waals surface area (Å²) in [7, 11) is 0. The maximum absolute atomic E-state index is 12.7. The summed E-state index contributed by atoms with van der Waals surface area (Å²) in [5.41, 5.74) is 1.96. The fraction of sp³-hybridized carbons (Fsp3) is 0.160. The van der Waals surface area contributed by atoms with E-state index in [2.05, 4.69) is 15.7 Å². The van der Waals surface area contributed by atoms with Crippen LogP contribution >= 0.6 is 0 Å². The van der Waals surface area contributed by atoms with Gasteiger partial charge in [-0.3, -0.25) is 24.4 Å². The molecule has 2 amide bonds. The van der Waals surface area contributed by atoms with Crippen LogP contribution in [0.5, 0.6) is 5.75 Å². The minimum atomic E-state index is -0.516. The van der Waals surface area contributed by atoms with Gasteiger partial charge in [-0.25, -0.2) is 0 Å². The molecule has 0 aliphatic heterocycles. The summed E-state index contributed by atoms with van der Waals surface area (Å²) in [4.78, 5) is 35.9. The van der Waals surface area contributed by atoms with Crippen LogP contribution in [0.3, 0.4) is 0 Å². The molecule has 0 spiro atoms. The lowest BCUT2D eigenvalue weighted by atomic mass is 10.2. The molecule has 2 aromatic carbocycles. The van der Waals surface area contributed by atoms with Crippen LogP contribution in [-0.2, 0) is 13.2 Å². The van der Waals surface area contributed by atoms with Crippen molar-refractivity contribution in [3.05, 3.63) is 99.8 Å². The molecule has 0 fully saturated rings. The predicted octanol–water partition coefficient (Wildman–Crippen LogP) is 4.80. The third-order valence-corrected chi connectivity index (χ3v) is 5.19. The molecule has 0 aliphatic rings. The third kappa shape index (κ3) is 5.58. The molecule has 4 rings (SSSR count). The number of amides is 2. The Morgan fingerprint density at radius 3 is 2.53 bits per heavy atom. The molecule has 184 valence electrons. The first-order valence-corrected chi connectivity index (χ1v) is 11.0. The van der Waals surface area contributed by atoms with E-state index >= 15 is 0 Å². The van der Waals surface area contributed by atoms with E-state index < -0.39 is 10.8 Å². The summed E-state index contributed by atoms with van der Waals surface area (Å²) in [5.74, 6) is -0.358. The molecule has 0 radical (unpaired) electrons. The van der Waals surface area contributed by atoms with Gasteiger partial charge in [-0.1, -0.05) is 12.1 Å². The summed E-state index contributed by atoms with van der Waals surface area (Å²) < 4.78 is 12.7. The number of ether oxygens (including phenoxy) is 1. The number of nitro benzene ring substituents is 1. The van der Waals surface area contributed by atoms with E-state index in [1.54, 1.807) is 60.3 Å². The summed E-state index contributed by atoms with van der Waals surface area (Å²) in [5, 5.41) is 20.8. The number of aryl methyl sites for hydroxylation is 2. The van der Waals surface area contributed by atoms with Crippen LogP contribution in [0.25, 0.3) is 0 Å². The number of anilines is 2. The molecular weight excluding hydrogens is 466 g/mol. The van der Waals surface area contributed by atoms with Gasteiger partial charge in [-0.05, 0) is 61.9 Å². The molecule has 0 bridgehead atoms. The normalized spacial score (nSPS) is 10.6. The van der Waals surface area contributed by atoms with Crippen molar-refractivity contribution in [2.24, 2.45) is 0 Å². The number of furan rings is 1. The number of carbonyl (C=O) groups excluding carboxylic acids is 2. The SMILES string of the molecule is CCn1nccc1C(=O)Nc1cccc(NC(=O)c2ccc(COc3ccc(C)cc3[N+](=O)[O-])o2)c1. The van der Waals surface area contributed by atoms with Crippen molar-refractivity contribution in [3.8, 4) is 5.75 Å². The highest BCUT2D eigenvalue weighted by Gasteiger charge is 2.17. The van der Waals surface area contributed by atoms with Gasteiger partial charge in [0, 0.05) is 30.2 Å². The molecule has 4 aromatic rings. The van der Waals surface area contributed by atoms with Gasteiger partial charge < -0.3 is 19.8 Å². The lowest BCUT2D eigenvalue weighted by Gasteiger charge is -2.09. The highest BCUT2D eigenvalue weighted by Crippen LogP contribution is 2.28. The molecule has 11 heteroatoms. The van der Waals surface area contributed by atoms with E-state index in [-0.39, 0.29) is 29.7 Å². The topological polar surface area (TPSA) is 142 Å². The summed E-state index contributed by atoms with van der Waals surface area (Å²) in [6.07, 6.45) is 1.56. The fourth-order valence-electron chi connectivity index (χ4n) is 3.46. The number of rotatable bonds is 9. The van der Waals surface area contributed by atoms with Gasteiger partial charge in [0.1, 0.15) is 18.1 Å². The van der Waals surface area contributed by atoms with E-state index in [1.165, 1.54) is 18.2 Å². The molecular formula is C25H23N5O6. The van der Waals surface area contributed by atoms with E-state index in [0.29, 0.717) is 29.4 Å². The van der Waals surface area contributed by atoms with Gasteiger partial charge in [-0.2, -0.15) is 5.10 Å². The van der Waals surface area contributed by atoms with Gasteiger partial charge in [0.25, 0.3) is 11.8 Å². The van der Waals surface area contributed by atoms with Crippen molar-refractivity contribution in [1.29, 1.82) is 0 Å². The van der Waals surface area contributed by atoms with Crippen molar-refractivity contribution in [1.82, 2.24) is 9.78 Å². The molecule has 0 unspecified atom stereocenters. The zero-order valence-electron chi connectivity index (χ0n) is 19.6. The number of nitro groups is 1. The van der Waals surface area contributed by atoms with Crippen molar-refractivity contribution in [2.45, 2.75) is 27.0 Å². The average Bonchev–Trinajstić information content (AvgIpc) is 3.53. The molecule has 0 atom stereocenters. The molecule has 2 heterocycles. The second-order valence-electron chi connectivity index (χ2n) is 7.80. The first kappa shape index (κ1) is 24.2. The van der Waals surface area contributed by atoms with E-state index in [1.807, 2.05) is 6.92 Å². The molecule has 2 N–H and O–H groups in total. The average molecular weight is 489 g/mol. The zero-order chi connectivity index (χ0) is 25.7. The fourth-order valence-corrected chi connectivity index (χ4v) is 3.46. The number of benzene rings is 2. The largest absolute Gasteiger partial charge is 0.479 e. The van der Waals surface area contributed by atoms with Crippen LogP contribution in [0.2, 0.25) is 0 Å². The maximum Gasteiger partial charge on any atom is 0.311 e. The van der Waals surface area contributed by atoms with Gasteiger partial charge in [0.05, 0.1) is 4.92 Å². The second-order valence-corrected chi connectivity index (χ2v) is 7.80. The zero-order valence-corrected chi connectivity index (χ0v) is 19.6. The predicted molar refractivity (Wildman–Crippen MR) is 131 cm³/mol. The monoisotopic (exact) mass is 489 g/mol. The summed E-state index contributed by atoms with van der Waals surface area (Å²) >= 11 is 0. The number of nitrogens with one attached hydrogen (secondary N) is 2. The standard InChI is InChI=1S/C25H23N5O6/c1-3-29-20(11-12-26-29)24(31)27-17-5-4-6-18(14-17)28-25(32)23-10-8-19(36-23)15-35-22-9-7-16(2)13-21(22)30(33)34/h4-14H,3,15H2,1-2H3,(H,27,31)(H,28,32). The quantitative estimate of drug-likeness (QED) is 0.254. The van der Waals surface area contributed by atoms with Gasteiger partial charge in [-0.15, -0.1) is 0 Å². The number of nitrogens with zero attached hydrogens (tertiary/aromatic N) is 3. The summed E-state index contributed by atoms with van der Waals surface area (Å²) in [6.45, 7) is 4.11. The third-order valence-electron chi connectivity index (χ3n) is 5.19. The van der Waals surface area contributed by atoms with Gasteiger partial charge in [0.2, 0.25) is 0 Å². The Balaban J connectivity index is 1.38. The van der Waals surface area contributed by atoms with Crippen molar-refractivity contribution in [3.63, 3.8) is 0 Å². The van der Waals surface area contributed by atoms with Gasteiger partial charge >= 0.3 is 5.69 Å². The highest BCUT2D eigenvalue weighted by atomic mass is 16.6. The first-order valence-electron chi connectivity index (χ1n) is 11.0. The molecule has 2 aromatic heterocycles. The lowest BCUT2D eigenvalue weighted by Crippen LogP contribution is -2.17. The minimum Gasteiger partial charge on any atom is -0.479 e. The van der Waals surface area contributed by atoms with Crippen LogP contribution in [0.1, 0.15) is 39.3 Å². The van der Waals surface area contributed by atoms with Crippen LogP contribution in [0.15, 0.2) is 71.3 Å². The lowest BCUT2D eigenvalue weighted by molar-refractivity contribution is -0.386. The Kier molecular flexibility index (Phi) is 7.10. The van der Waals surface area contributed by atoms with Crippen LogP contribution in [0.4, 0.5) is 17.1 Å². The molecule has 0 saturated carbocycles. The van der Waals surface area contributed by atoms with Gasteiger partial charge in [0.15, 0.2) is 11.5 Å². The van der Waals surface area contributed by atoms with Crippen molar-refractivity contribution < 1.29 is 23.7 Å².